The molecule has 1 fully saturated rings. The lowest BCUT2D eigenvalue weighted by Crippen LogP contribution is -2.07. The average molecular weight is 409 g/mol. The van der Waals surface area contributed by atoms with Gasteiger partial charge in [-0.1, -0.05) is 37.7 Å². The molecule has 2 aromatic heterocycles. The van der Waals surface area contributed by atoms with E-state index in [2.05, 4.69) is 64.4 Å². The lowest BCUT2D eigenvalue weighted by Gasteiger charge is -2.12. The largest absolute Gasteiger partial charge is 0.318 e. The average Bonchev–Trinajstić information content (AvgIpc) is 3.39. The molecule has 29 heavy (non-hydrogen) atoms. The van der Waals surface area contributed by atoms with Crippen LogP contribution >= 0.6 is 11.8 Å². The lowest BCUT2D eigenvalue weighted by molar-refractivity contribution is 0.102. The molecule has 4 rings (SSSR count). The fourth-order valence-corrected chi connectivity index (χ4v) is 4.79. The fraction of sp³-hybridized carbons (Fsp3) is 0.435. The van der Waals surface area contributed by atoms with Gasteiger partial charge in [0.2, 0.25) is 0 Å². The second-order valence-corrected chi connectivity index (χ2v) is 9.15. The molecule has 0 amide bonds. The highest BCUT2D eigenvalue weighted by molar-refractivity contribution is 7.99. The predicted octanol–water partition coefficient (Wildman–Crippen LogP) is 5.43. The number of rotatable bonds is 7. The van der Waals surface area contributed by atoms with Crippen molar-refractivity contribution in [1.82, 2.24) is 19.3 Å². The van der Waals surface area contributed by atoms with Crippen molar-refractivity contribution in [2.24, 2.45) is 0 Å². The third-order valence-corrected chi connectivity index (χ3v) is 6.57. The van der Waals surface area contributed by atoms with E-state index < -0.39 is 0 Å². The number of hydrogen-bond donors (Lipinski definition) is 0. The molecule has 0 N–H and O–H groups in total. The number of aromatic nitrogens is 4. The van der Waals surface area contributed by atoms with Gasteiger partial charge in [0.15, 0.2) is 10.9 Å². The number of Topliss-reactive ketones (excluding diaryl/α,β-unsaturated/α-hetero) is 1. The first kappa shape index (κ1) is 20.0. The summed E-state index contributed by atoms with van der Waals surface area (Å²) in [7, 11) is 0. The van der Waals surface area contributed by atoms with Crippen molar-refractivity contribution in [2.45, 2.75) is 64.6 Å². The number of hydrogen-bond acceptors (Lipinski definition) is 4. The first-order valence-electron chi connectivity index (χ1n) is 10.2. The predicted molar refractivity (Wildman–Crippen MR) is 117 cm³/mol. The van der Waals surface area contributed by atoms with Gasteiger partial charge in [-0.3, -0.25) is 4.79 Å². The van der Waals surface area contributed by atoms with Crippen molar-refractivity contribution in [2.75, 3.05) is 5.75 Å². The van der Waals surface area contributed by atoms with E-state index in [0.29, 0.717) is 17.7 Å². The highest BCUT2D eigenvalue weighted by atomic mass is 32.2. The Bertz CT molecular complexity index is 1040. The maximum atomic E-state index is 13.0. The minimum atomic E-state index is 0.135. The van der Waals surface area contributed by atoms with Crippen LogP contribution in [0.25, 0.3) is 5.69 Å². The molecule has 3 aromatic rings. The Labute approximate surface area is 176 Å². The van der Waals surface area contributed by atoms with E-state index in [-0.39, 0.29) is 5.78 Å². The molecule has 0 saturated heterocycles. The normalized spacial score (nSPS) is 14.0. The van der Waals surface area contributed by atoms with E-state index in [1.165, 1.54) is 30.2 Å². The molecule has 2 heterocycles. The van der Waals surface area contributed by atoms with Crippen LogP contribution in [0, 0.1) is 20.8 Å². The summed E-state index contributed by atoms with van der Waals surface area (Å²) in [5.74, 6) is 1.95. The van der Waals surface area contributed by atoms with Crippen LogP contribution in [0.4, 0.5) is 0 Å². The van der Waals surface area contributed by atoms with Crippen LogP contribution in [-0.2, 0) is 0 Å². The molecular weight excluding hydrogens is 380 g/mol. The van der Waals surface area contributed by atoms with Gasteiger partial charge in [0.25, 0.3) is 0 Å². The molecule has 0 atom stereocenters. The van der Waals surface area contributed by atoms with Crippen LogP contribution in [-0.4, -0.2) is 30.9 Å². The quantitative estimate of drug-likeness (QED) is 0.386. The number of aryl methyl sites for hydroxylation is 2. The molecule has 0 aliphatic heterocycles. The Morgan fingerprint density at radius 3 is 2.45 bits per heavy atom. The Hall–Kier alpha value is -2.34. The maximum Gasteiger partial charge on any atom is 0.191 e. The van der Waals surface area contributed by atoms with Crippen molar-refractivity contribution < 1.29 is 4.79 Å². The summed E-state index contributed by atoms with van der Waals surface area (Å²) in [6, 6.07) is 11.1. The number of carbonyl (C=O) groups is 1. The first-order chi connectivity index (χ1) is 13.9. The van der Waals surface area contributed by atoms with Crippen molar-refractivity contribution in [3.05, 3.63) is 58.7 Å². The van der Waals surface area contributed by atoms with E-state index in [9.17, 15) is 4.79 Å². The SMILES string of the molecule is Cc1cc(C(=O)CSc2nnc(C)n2C2CC2)c(C)n1-c1ccc(C(C)C)cc1. The van der Waals surface area contributed by atoms with E-state index in [4.69, 9.17) is 0 Å². The maximum absolute atomic E-state index is 13.0. The van der Waals surface area contributed by atoms with Crippen LogP contribution < -0.4 is 0 Å². The zero-order valence-corrected chi connectivity index (χ0v) is 18.6. The van der Waals surface area contributed by atoms with Crippen LogP contribution in [0.3, 0.4) is 0 Å². The van der Waals surface area contributed by atoms with E-state index in [1.807, 2.05) is 19.9 Å². The van der Waals surface area contributed by atoms with Crippen molar-refractivity contribution in [1.29, 1.82) is 0 Å². The Morgan fingerprint density at radius 2 is 1.83 bits per heavy atom. The van der Waals surface area contributed by atoms with E-state index >= 15 is 0 Å². The molecule has 0 spiro atoms. The van der Waals surface area contributed by atoms with Crippen LogP contribution in [0.5, 0.6) is 0 Å². The van der Waals surface area contributed by atoms with Gasteiger partial charge in [-0.2, -0.15) is 0 Å². The van der Waals surface area contributed by atoms with Gasteiger partial charge in [0, 0.05) is 28.7 Å². The minimum Gasteiger partial charge on any atom is -0.318 e. The Morgan fingerprint density at radius 1 is 1.14 bits per heavy atom. The van der Waals surface area contributed by atoms with Crippen molar-refractivity contribution in [3.8, 4) is 5.69 Å². The zero-order chi connectivity index (χ0) is 20.7. The highest BCUT2D eigenvalue weighted by Crippen LogP contribution is 2.38. The summed E-state index contributed by atoms with van der Waals surface area (Å²) >= 11 is 1.49. The van der Waals surface area contributed by atoms with Crippen LogP contribution in [0.1, 0.15) is 71.8 Å². The zero-order valence-electron chi connectivity index (χ0n) is 17.8. The molecule has 1 aliphatic rings. The first-order valence-corrected chi connectivity index (χ1v) is 11.2. The summed E-state index contributed by atoms with van der Waals surface area (Å²) in [6.07, 6.45) is 2.36. The number of nitrogens with zero attached hydrogens (tertiary/aromatic N) is 4. The topological polar surface area (TPSA) is 52.7 Å². The summed E-state index contributed by atoms with van der Waals surface area (Å²) in [4.78, 5) is 13.0. The third-order valence-electron chi connectivity index (χ3n) is 5.63. The van der Waals surface area contributed by atoms with Gasteiger partial charge >= 0.3 is 0 Å². The lowest BCUT2D eigenvalue weighted by atomic mass is 10.0. The van der Waals surface area contributed by atoms with Gasteiger partial charge in [0.05, 0.1) is 5.75 Å². The molecule has 1 aliphatic carbocycles. The van der Waals surface area contributed by atoms with Gasteiger partial charge in [0.1, 0.15) is 5.82 Å². The van der Waals surface area contributed by atoms with Gasteiger partial charge in [-0.05, 0) is 63.3 Å². The van der Waals surface area contributed by atoms with Gasteiger partial charge in [-0.25, -0.2) is 0 Å². The second-order valence-electron chi connectivity index (χ2n) is 8.21. The molecule has 1 aromatic carbocycles. The third kappa shape index (κ3) is 3.90. The molecule has 0 unspecified atom stereocenters. The summed E-state index contributed by atoms with van der Waals surface area (Å²) in [6.45, 7) is 10.5. The molecule has 1 saturated carbocycles. The monoisotopic (exact) mass is 408 g/mol. The molecule has 152 valence electrons. The van der Waals surface area contributed by atoms with Gasteiger partial charge in [-0.15, -0.1) is 10.2 Å². The number of benzene rings is 1. The van der Waals surface area contributed by atoms with Gasteiger partial charge < -0.3 is 9.13 Å². The number of thioether (sulfide) groups is 1. The molecule has 5 nitrogen and oxygen atoms in total. The second kappa shape index (κ2) is 7.82. The fourth-order valence-electron chi connectivity index (χ4n) is 3.86. The molecule has 6 heteroatoms. The number of ketones is 1. The summed E-state index contributed by atoms with van der Waals surface area (Å²) in [5, 5.41) is 9.33. The molecule has 0 radical (unpaired) electrons. The standard InChI is InChI=1S/C23H28N4OS/c1-14(2)18-6-8-19(9-7-18)26-15(3)12-21(16(26)4)22(28)13-29-23-25-24-17(5)27(23)20-10-11-20/h6-9,12,14,20H,10-11,13H2,1-5H3. The molecular formula is C23H28N4OS. The van der Waals surface area contributed by atoms with Crippen LogP contribution in [0.2, 0.25) is 0 Å². The van der Waals surface area contributed by atoms with Crippen LogP contribution in [0.15, 0.2) is 35.5 Å². The summed E-state index contributed by atoms with van der Waals surface area (Å²) < 4.78 is 4.34. The van der Waals surface area contributed by atoms with E-state index in [1.54, 1.807) is 0 Å². The highest BCUT2D eigenvalue weighted by Gasteiger charge is 2.28. The summed E-state index contributed by atoms with van der Waals surface area (Å²) in [5.41, 5.74) is 5.27. The number of carbonyl (C=O) groups excluding carboxylic acids is 1. The molecule has 0 bridgehead atoms. The Balaban J connectivity index is 1.53. The smallest absolute Gasteiger partial charge is 0.191 e. The van der Waals surface area contributed by atoms with E-state index in [0.717, 1.165) is 33.6 Å². The van der Waals surface area contributed by atoms with Crippen molar-refractivity contribution >= 4 is 17.5 Å². The Kier molecular flexibility index (Phi) is 5.38. The van der Waals surface area contributed by atoms with Crippen molar-refractivity contribution in [3.63, 3.8) is 0 Å². The minimum absolute atomic E-state index is 0.135.